The van der Waals surface area contributed by atoms with E-state index in [0.717, 1.165) is 0 Å². The molecule has 9 N–H and O–H groups in total. The van der Waals surface area contributed by atoms with Crippen molar-refractivity contribution in [3.8, 4) is 0 Å². The molecule has 1 fully saturated rings. The molecular formula is C12H22O12. The molecule has 1 heterocycles. The van der Waals surface area contributed by atoms with E-state index in [9.17, 15) is 35.4 Å². The summed E-state index contributed by atoms with van der Waals surface area (Å²) >= 11 is 0. The number of carboxylic acid groups (broad SMARTS) is 1. The molecule has 0 radical (unpaired) electrons. The highest BCUT2D eigenvalue weighted by Crippen LogP contribution is 2.25. The Morgan fingerprint density at radius 3 is 2.08 bits per heavy atom. The predicted octanol–water partition coefficient (Wildman–Crippen LogP) is -5.67. The summed E-state index contributed by atoms with van der Waals surface area (Å²) < 4.78 is 9.92. The third-order valence-electron chi connectivity index (χ3n) is 3.62. The molecule has 0 amide bonds. The topological polar surface area (TPSA) is 218 Å². The van der Waals surface area contributed by atoms with Crippen LogP contribution in [-0.2, 0) is 14.3 Å². The van der Waals surface area contributed by atoms with Crippen LogP contribution in [0.5, 0.6) is 0 Å². The second-order valence-corrected chi connectivity index (χ2v) is 5.32. The van der Waals surface area contributed by atoms with E-state index in [1.165, 1.54) is 0 Å². The number of rotatable bonds is 8. The molecule has 0 aromatic rings. The molecule has 12 nitrogen and oxygen atoms in total. The number of hydrogen-bond donors (Lipinski definition) is 9. The van der Waals surface area contributed by atoms with Crippen LogP contribution >= 0.6 is 0 Å². The Balaban J connectivity index is 2.97. The van der Waals surface area contributed by atoms with Crippen molar-refractivity contribution < 1.29 is 60.2 Å². The van der Waals surface area contributed by atoms with Crippen LogP contribution in [0.3, 0.4) is 0 Å². The number of ether oxygens (including phenoxy) is 2. The summed E-state index contributed by atoms with van der Waals surface area (Å²) in [6.45, 7) is -1.76. The van der Waals surface area contributed by atoms with E-state index in [-0.39, 0.29) is 0 Å². The summed E-state index contributed by atoms with van der Waals surface area (Å²) in [5.41, 5.74) is 0. The Bertz CT molecular complexity index is 403. The molecule has 0 aromatic carbocycles. The van der Waals surface area contributed by atoms with Gasteiger partial charge in [0, 0.05) is 0 Å². The minimum absolute atomic E-state index is 0.779. The number of aliphatic carboxylic acids is 1. The van der Waals surface area contributed by atoms with Gasteiger partial charge in [-0.3, -0.25) is 0 Å². The molecule has 142 valence electrons. The van der Waals surface area contributed by atoms with E-state index in [4.69, 9.17) is 24.8 Å². The second kappa shape index (κ2) is 8.96. The minimum atomic E-state index is -2.38. The molecule has 1 aliphatic heterocycles. The largest absolute Gasteiger partial charge is 0.479 e. The minimum Gasteiger partial charge on any atom is -0.479 e. The van der Waals surface area contributed by atoms with E-state index < -0.39 is 74.3 Å². The van der Waals surface area contributed by atoms with Crippen LogP contribution in [0.25, 0.3) is 0 Å². The van der Waals surface area contributed by atoms with Gasteiger partial charge >= 0.3 is 5.97 Å². The van der Waals surface area contributed by atoms with Crippen molar-refractivity contribution >= 4 is 5.97 Å². The molecule has 0 bridgehead atoms. The van der Waals surface area contributed by atoms with Gasteiger partial charge in [0.15, 0.2) is 12.4 Å². The lowest BCUT2D eigenvalue weighted by Crippen LogP contribution is -2.62. The quantitative estimate of drug-likeness (QED) is 0.198. The fraction of sp³-hybridized carbons (Fsp3) is 0.917. The van der Waals surface area contributed by atoms with Gasteiger partial charge in [0.05, 0.1) is 13.2 Å². The number of aliphatic hydroxyl groups is 8. The normalized spacial score (nSPS) is 35.9. The van der Waals surface area contributed by atoms with Gasteiger partial charge in [-0.25, -0.2) is 4.79 Å². The summed E-state index contributed by atoms with van der Waals surface area (Å²) in [5.74, 6) is -1.84. The van der Waals surface area contributed by atoms with Gasteiger partial charge in [-0.1, -0.05) is 0 Å². The van der Waals surface area contributed by atoms with Gasteiger partial charge in [0.2, 0.25) is 0 Å². The molecular weight excluding hydrogens is 336 g/mol. The monoisotopic (exact) mass is 358 g/mol. The predicted molar refractivity (Wildman–Crippen MR) is 71.4 cm³/mol. The molecule has 1 saturated heterocycles. The van der Waals surface area contributed by atoms with Crippen LogP contribution < -0.4 is 0 Å². The summed E-state index contributed by atoms with van der Waals surface area (Å²) in [7, 11) is 0. The van der Waals surface area contributed by atoms with Crippen molar-refractivity contribution in [3.63, 3.8) is 0 Å². The van der Waals surface area contributed by atoms with E-state index in [2.05, 4.69) is 0 Å². The molecule has 12 heteroatoms. The highest BCUT2D eigenvalue weighted by atomic mass is 16.7. The summed E-state index contributed by atoms with van der Waals surface area (Å²) in [6, 6.07) is 0. The molecule has 0 spiro atoms. The van der Waals surface area contributed by atoms with Crippen molar-refractivity contribution in [1.82, 2.24) is 0 Å². The van der Waals surface area contributed by atoms with Crippen LogP contribution in [-0.4, -0.2) is 120 Å². The van der Waals surface area contributed by atoms with Crippen molar-refractivity contribution in [2.24, 2.45) is 0 Å². The average molecular weight is 358 g/mol. The fourth-order valence-electron chi connectivity index (χ4n) is 2.14. The molecule has 9 atom stereocenters. The van der Waals surface area contributed by atoms with Gasteiger partial charge in [0.25, 0.3) is 0 Å². The van der Waals surface area contributed by atoms with E-state index in [1.807, 2.05) is 0 Å². The first-order chi connectivity index (χ1) is 11.1. The maximum atomic E-state index is 10.9. The Kier molecular flexibility index (Phi) is 7.88. The van der Waals surface area contributed by atoms with Crippen molar-refractivity contribution in [2.45, 2.75) is 55.1 Å². The molecule has 24 heavy (non-hydrogen) atoms. The lowest BCUT2D eigenvalue weighted by atomic mass is 9.98. The number of carboxylic acids is 1. The first kappa shape index (κ1) is 21.1. The molecule has 0 aliphatic carbocycles. The van der Waals surface area contributed by atoms with Crippen molar-refractivity contribution in [1.29, 1.82) is 0 Å². The molecule has 1 aliphatic rings. The number of hydrogen-bond acceptors (Lipinski definition) is 11. The summed E-state index contributed by atoms with van der Waals surface area (Å²) in [5, 5.41) is 84.5. The Hall–Kier alpha value is -0.930. The van der Waals surface area contributed by atoms with E-state index in [1.54, 1.807) is 0 Å². The Morgan fingerprint density at radius 1 is 1.04 bits per heavy atom. The van der Waals surface area contributed by atoms with Crippen LogP contribution in [0, 0.1) is 0 Å². The van der Waals surface area contributed by atoms with E-state index in [0.29, 0.717) is 0 Å². The maximum Gasteiger partial charge on any atom is 0.335 e. The summed E-state index contributed by atoms with van der Waals surface area (Å²) in [4.78, 5) is 10.9. The van der Waals surface area contributed by atoms with Crippen molar-refractivity contribution in [3.05, 3.63) is 0 Å². The van der Waals surface area contributed by atoms with Gasteiger partial charge in [-0.15, -0.1) is 0 Å². The third kappa shape index (κ3) is 4.58. The van der Waals surface area contributed by atoms with Gasteiger partial charge < -0.3 is 55.4 Å². The molecule has 1 rings (SSSR count). The molecule has 0 unspecified atom stereocenters. The zero-order valence-electron chi connectivity index (χ0n) is 12.4. The zero-order chi connectivity index (χ0) is 18.6. The first-order valence-electron chi connectivity index (χ1n) is 6.99. The number of carbonyl (C=O) groups is 1. The highest BCUT2D eigenvalue weighted by Gasteiger charge is 2.47. The van der Waals surface area contributed by atoms with Gasteiger partial charge in [0.1, 0.15) is 42.7 Å². The van der Waals surface area contributed by atoms with Crippen LogP contribution in [0.1, 0.15) is 0 Å². The molecule has 0 aromatic heterocycles. The van der Waals surface area contributed by atoms with Crippen molar-refractivity contribution in [2.75, 3.05) is 13.2 Å². The van der Waals surface area contributed by atoms with Crippen LogP contribution in [0.2, 0.25) is 0 Å². The lowest BCUT2D eigenvalue weighted by Gasteiger charge is -2.42. The van der Waals surface area contributed by atoms with E-state index >= 15 is 0 Å². The lowest BCUT2D eigenvalue weighted by molar-refractivity contribution is -0.325. The van der Waals surface area contributed by atoms with Gasteiger partial charge in [-0.05, 0) is 0 Å². The maximum absolute atomic E-state index is 10.9. The molecule has 0 saturated carbocycles. The standard InChI is InChI=1S/C12H22O12/c13-1-3(15)5(16)10(9(20)11(21)22)24-12-8(19)7(18)6(17)4(2-14)23-12/h3-10,12-20H,1-2H2,(H,21,22)/t3-,4-,5-,6+,7+,8-,9-,10+,12+/m1/s1. The smallest absolute Gasteiger partial charge is 0.335 e. The second-order valence-electron chi connectivity index (χ2n) is 5.32. The summed E-state index contributed by atoms with van der Waals surface area (Å²) in [6.07, 6.45) is -17.1. The number of aliphatic hydroxyl groups excluding tert-OH is 8. The van der Waals surface area contributed by atoms with Crippen LogP contribution in [0.15, 0.2) is 0 Å². The fourth-order valence-corrected chi connectivity index (χ4v) is 2.14. The van der Waals surface area contributed by atoms with Gasteiger partial charge in [-0.2, -0.15) is 0 Å². The van der Waals surface area contributed by atoms with Crippen LogP contribution in [0.4, 0.5) is 0 Å². The zero-order valence-corrected chi connectivity index (χ0v) is 12.4. The third-order valence-corrected chi connectivity index (χ3v) is 3.62. The Labute approximate surface area is 135 Å². The first-order valence-corrected chi connectivity index (χ1v) is 6.99. The average Bonchev–Trinajstić information content (AvgIpc) is 2.57. The highest BCUT2D eigenvalue weighted by molar-refractivity contribution is 5.72. The SMILES string of the molecule is O=C(O)[C@H](O)[C@@H](O[C@@H]1O[C@H](CO)[C@H](O)[C@H](O)[C@H]1O)[C@H](O)[C@H](O)CO. The Morgan fingerprint density at radius 2 is 1.62 bits per heavy atom.